The Morgan fingerprint density at radius 1 is 0.875 bits per heavy atom. The van der Waals surface area contributed by atoms with Crippen LogP contribution in [0.25, 0.3) is 0 Å². The molecule has 0 aromatic heterocycles. The number of para-hydroxylation sites is 1. The molecule has 0 radical (unpaired) electrons. The highest BCUT2D eigenvalue weighted by molar-refractivity contribution is 7.92. The first kappa shape index (κ1) is 30.9. The molecule has 0 aliphatic carbocycles. The Bertz CT molecular complexity index is 1370. The van der Waals surface area contributed by atoms with E-state index in [1.165, 1.54) is 21.3 Å². The largest absolute Gasteiger partial charge is 0.354 e. The van der Waals surface area contributed by atoms with Gasteiger partial charge >= 0.3 is 0 Å². The number of carbonyl (C=O) groups is 2. The molecule has 1 N–H and O–H groups in total. The minimum atomic E-state index is -4.08. The van der Waals surface area contributed by atoms with E-state index < -0.39 is 28.5 Å². The zero-order chi connectivity index (χ0) is 29.3. The van der Waals surface area contributed by atoms with Crippen molar-refractivity contribution in [2.24, 2.45) is 5.92 Å². The van der Waals surface area contributed by atoms with Crippen LogP contribution >= 0.6 is 0 Å². The van der Waals surface area contributed by atoms with Gasteiger partial charge in [0.15, 0.2) is 0 Å². The number of sulfonamides is 1. The molecule has 0 aliphatic heterocycles. The Balaban J connectivity index is 2.06. The van der Waals surface area contributed by atoms with Crippen LogP contribution in [0.3, 0.4) is 0 Å². The predicted octanol–water partition coefficient (Wildman–Crippen LogP) is 5.33. The number of aryl methyl sites for hydroxylation is 2. The van der Waals surface area contributed by atoms with Crippen LogP contribution in [0.1, 0.15) is 50.8 Å². The first-order chi connectivity index (χ1) is 19.1. The van der Waals surface area contributed by atoms with Crippen LogP contribution in [-0.2, 0) is 32.6 Å². The van der Waals surface area contributed by atoms with Crippen molar-refractivity contribution < 1.29 is 18.0 Å². The predicted molar refractivity (Wildman–Crippen MR) is 160 cm³/mol. The molecule has 0 heterocycles. The topological polar surface area (TPSA) is 86.8 Å². The number of amides is 2. The van der Waals surface area contributed by atoms with Gasteiger partial charge in [0.25, 0.3) is 10.0 Å². The van der Waals surface area contributed by atoms with Gasteiger partial charge < -0.3 is 10.2 Å². The Labute approximate surface area is 239 Å². The average molecular weight is 564 g/mol. The minimum Gasteiger partial charge on any atom is -0.354 e. The van der Waals surface area contributed by atoms with E-state index in [2.05, 4.69) is 5.32 Å². The van der Waals surface area contributed by atoms with Crippen LogP contribution in [0, 0.1) is 12.8 Å². The van der Waals surface area contributed by atoms with Crippen molar-refractivity contribution in [3.05, 3.63) is 95.6 Å². The highest BCUT2D eigenvalue weighted by atomic mass is 32.2. The van der Waals surface area contributed by atoms with Crippen molar-refractivity contribution in [3.63, 3.8) is 0 Å². The van der Waals surface area contributed by atoms with Crippen molar-refractivity contribution >= 4 is 27.5 Å². The molecule has 40 heavy (non-hydrogen) atoms. The van der Waals surface area contributed by atoms with Gasteiger partial charge in [-0.3, -0.25) is 13.9 Å². The van der Waals surface area contributed by atoms with E-state index in [-0.39, 0.29) is 23.3 Å². The first-order valence-corrected chi connectivity index (χ1v) is 15.3. The average Bonchev–Trinajstić information content (AvgIpc) is 2.95. The summed E-state index contributed by atoms with van der Waals surface area (Å²) in [5, 5.41) is 2.96. The van der Waals surface area contributed by atoms with Gasteiger partial charge in [-0.2, -0.15) is 0 Å². The maximum absolute atomic E-state index is 14.2. The van der Waals surface area contributed by atoms with Gasteiger partial charge in [0.2, 0.25) is 11.8 Å². The SMILES string of the molecule is CCc1ccccc1N(CC(=O)N(Cc1ccc(C)cc1)C(CC)C(=O)NCC(C)C)S(=O)(=O)c1ccccc1. The summed E-state index contributed by atoms with van der Waals surface area (Å²) in [6.45, 7) is 10.0. The number of nitrogens with zero attached hydrogens (tertiary/aromatic N) is 2. The molecule has 0 fully saturated rings. The van der Waals surface area contributed by atoms with Gasteiger partial charge in [-0.25, -0.2) is 8.42 Å². The van der Waals surface area contributed by atoms with E-state index in [4.69, 9.17) is 0 Å². The Hall–Kier alpha value is -3.65. The number of nitrogens with one attached hydrogen (secondary N) is 1. The molecule has 3 aromatic rings. The first-order valence-electron chi connectivity index (χ1n) is 13.9. The number of hydrogen-bond acceptors (Lipinski definition) is 4. The van der Waals surface area contributed by atoms with Crippen LogP contribution in [0.15, 0.2) is 83.8 Å². The van der Waals surface area contributed by atoms with Crippen molar-refractivity contribution in [3.8, 4) is 0 Å². The standard InChI is InChI=1S/C32H41N3O4S/c1-6-27-13-11-12-16-30(27)35(40(38,39)28-14-9-8-10-15-28)23-31(36)34(22-26-19-17-25(5)18-20-26)29(7-2)32(37)33-21-24(3)4/h8-20,24,29H,6-7,21-23H2,1-5H3,(H,33,37). The monoisotopic (exact) mass is 563 g/mol. The van der Waals surface area contributed by atoms with Crippen molar-refractivity contribution in [2.75, 3.05) is 17.4 Å². The normalized spacial score (nSPS) is 12.2. The van der Waals surface area contributed by atoms with Crippen molar-refractivity contribution in [2.45, 2.75) is 64.9 Å². The quantitative estimate of drug-likeness (QED) is 0.305. The molecule has 8 heteroatoms. The molecular weight excluding hydrogens is 522 g/mol. The lowest BCUT2D eigenvalue weighted by Crippen LogP contribution is -2.52. The minimum absolute atomic E-state index is 0.0977. The van der Waals surface area contributed by atoms with Crippen LogP contribution in [0.2, 0.25) is 0 Å². The summed E-state index contributed by atoms with van der Waals surface area (Å²) < 4.78 is 29.1. The van der Waals surface area contributed by atoms with Crippen molar-refractivity contribution in [1.82, 2.24) is 10.2 Å². The fraction of sp³-hybridized carbons (Fsp3) is 0.375. The second kappa shape index (κ2) is 14.1. The van der Waals surface area contributed by atoms with Crippen LogP contribution in [0.5, 0.6) is 0 Å². The molecule has 0 bridgehead atoms. The molecule has 3 rings (SSSR count). The summed E-state index contributed by atoms with van der Waals surface area (Å²) in [6, 6.07) is 22.4. The smallest absolute Gasteiger partial charge is 0.264 e. The second-order valence-electron chi connectivity index (χ2n) is 10.4. The van der Waals surface area contributed by atoms with E-state index in [9.17, 15) is 18.0 Å². The zero-order valence-corrected chi connectivity index (χ0v) is 24.9. The third kappa shape index (κ3) is 7.72. The molecule has 0 spiro atoms. The summed E-state index contributed by atoms with van der Waals surface area (Å²) in [5.74, 6) is -0.444. The van der Waals surface area contributed by atoms with Crippen LogP contribution < -0.4 is 9.62 Å². The van der Waals surface area contributed by atoms with Crippen molar-refractivity contribution in [1.29, 1.82) is 0 Å². The molecule has 1 unspecified atom stereocenters. The number of carbonyl (C=O) groups excluding carboxylic acids is 2. The van der Waals surface area contributed by atoms with E-state index in [1.807, 2.05) is 71.0 Å². The lowest BCUT2D eigenvalue weighted by Gasteiger charge is -2.34. The van der Waals surface area contributed by atoms with Gasteiger partial charge in [0.05, 0.1) is 10.6 Å². The molecule has 0 aliphatic rings. The van der Waals surface area contributed by atoms with E-state index >= 15 is 0 Å². The Kier molecular flexibility index (Phi) is 10.9. The van der Waals surface area contributed by atoms with Gasteiger partial charge in [-0.1, -0.05) is 93.9 Å². The van der Waals surface area contributed by atoms with E-state index in [1.54, 1.807) is 30.3 Å². The number of anilines is 1. The van der Waals surface area contributed by atoms with Gasteiger partial charge in [0, 0.05) is 13.1 Å². The second-order valence-corrected chi connectivity index (χ2v) is 12.2. The Morgan fingerprint density at radius 2 is 1.50 bits per heavy atom. The summed E-state index contributed by atoms with van der Waals surface area (Å²) in [7, 11) is -4.08. The number of hydrogen-bond donors (Lipinski definition) is 1. The molecule has 1 atom stereocenters. The molecular formula is C32H41N3O4S. The van der Waals surface area contributed by atoms with Crippen LogP contribution in [-0.4, -0.2) is 44.3 Å². The molecule has 0 saturated heterocycles. The highest BCUT2D eigenvalue weighted by Crippen LogP contribution is 2.28. The zero-order valence-electron chi connectivity index (χ0n) is 24.1. The van der Waals surface area contributed by atoms with E-state index in [0.29, 0.717) is 25.1 Å². The Morgan fingerprint density at radius 3 is 2.10 bits per heavy atom. The van der Waals surface area contributed by atoms with Gasteiger partial charge in [-0.15, -0.1) is 0 Å². The maximum atomic E-state index is 14.2. The highest BCUT2D eigenvalue weighted by Gasteiger charge is 2.34. The molecule has 2 amide bonds. The number of benzene rings is 3. The molecule has 3 aromatic carbocycles. The van der Waals surface area contributed by atoms with Crippen LogP contribution in [0.4, 0.5) is 5.69 Å². The third-order valence-electron chi connectivity index (χ3n) is 6.80. The lowest BCUT2D eigenvalue weighted by atomic mass is 10.1. The molecule has 0 saturated carbocycles. The molecule has 7 nitrogen and oxygen atoms in total. The van der Waals surface area contributed by atoms with Gasteiger partial charge in [-0.05, 0) is 55.0 Å². The summed E-state index contributed by atoms with van der Waals surface area (Å²) in [5.41, 5.74) is 3.21. The molecule has 214 valence electrons. The van der Waals surface area contributed by atoms with E-state index in [0.717, 1.165) is 16.7 Å². The number of rotatable bonds is 13. The summed E-state index contributed by atoms with van der Waals surface area (Å²) in [6.07, 6.45) is 0.978. The fourth-order valence-corrected chi connectivity index (χ4v) is 5.99. The fourth-order valence-electron chi connectivity index (χ4n) is 4.52. The lowest BCUT2D eigenvalue weighted by molar-refractivity contribution is -0.140. The maximum Gasteiger partial charge on any atom is 0.264 e. The summed E-state index contributed by atoms with van der Waals surface area (Å²) >= 11 is 0. The summed E-state index contributed by atoms with van der Waals surface area (Å²) in [4.78, 5) is 29.1. The van der Waals surface area contributed by atoms with Gasteiger partial charge in [0.1, 0.15) is 12.6 Å². The third-order valence-corrected chi connectivity index (χ3v) is 8.57.